The summed E-state index contributed by atoms with van der Waals surface area (Å²) >= 11 is 0. The smallest absolute Gasteiger partial charge is 0.0754 e. The summed E-state index contributed by atoms with van der Waals surface area (Å²) in [4.78, 5) is 4.59. The van der Waals surface area contributed by atoms with Gasteiger partial charge in [0.1, 0.15) is 0 Å². The highest BCUT2D eigenvalue weighted by Gasteiger charge is 2.16. The number of rotatable bonds is 6. The molecule has 0 saturated carbocycles. The van der Waals surface area contributed by atoms with Crippen LogP contribution in [-0.2, 0) is 6.42 Å². The number of hydrogen-bond donors (Lipinski definition) is 1. The van der Waals surface area contributed by atoms with Crippen LogP contribution in [0.5, 0.6) is 0 Å². The van der Waals surface area contributed by atoms with Crippen LogP contribution in [0.25, 0.3) is 0 Å². The minimum absolute atomic E-state index is 0.179. The molecular formula is C18H24N2. The van der Waals surface area contributed by atoms with E-state index in [4.69, 9.17) is 0 Å². The lowest BCUT2D eigenvalue weighted by atomic mass is 9.97. The van der Waals surface area contributed by atoms with Gasteiger partial charge in [-0.05, 0) is 42.6 Å². The average Bonchev–Trinajstić information content (AvgIpc) is 2.46. The molecule has 20 heavy (non-hydrogen) atoms. The van der Waals surface area contributed by atoms with Crippen LogP contribution in [0.2, 0.25) is 0 Å². The van der Waals surface area contributed by atoms with E-state index in [2.05, 4.69) is 61.4 Å². The maximum absolute atomic E-state index is 4.59. The van der Waals surface area contributed by atoms with Crippen LogP contribution in [0.1, 0.15) is 48.7 Å². The molecule has 1 heterocycles. The van der Waals surface area contributed by atoms with Crippen molar-refractivity contribution in [2.24, 2.45) is 0 Å². The molecule has 106 valence electrons. The van der Waals surface area contributed by atoms with Crippen molar-refractivity contribution in [1.82, 2.24) is 10.3 Å². The van der Waals surface area contributed by atoms with Gasteiger partial charge in [-0.15, -0.1) is 0 Å². The third kappa shape index (κ3) is 3.45. The Bertz CT molecular complexity index is 549. The summed E-state index contributed by atoms with van der Waals surface area (Å²) in [7, 11) is 0. The summed E-state index contributed by atoms with van der Waals surface area (Å²) in [6.07, 6.45) is 4.19. The lowest BCUT2D eigenvalue weighted by Gasteiger charge is -2.20. The molecule has 2 aromatic rings. The first-order chi connectivity index (χ1) is 9.76. The number of nitrogens with one attached hydrogen (secondary N) is 1. The molecule has 1 aromatic carbocycles. The molecule has 0 aliphatic carbocycles. The Morgan fingerprint density at radius 3 is 2.70 bits per heavy atom. The highest BCUT2D eigenvalue weighted by molar-refractivity contribution is 5.34. The van der Waals surface area contributed by atoms with Gasteiger partial charge in [0.15, 0.2) is 0 Å². The Kier molecular flexibility index (Phi) is 5.31. The second kappa shape index (κ2) is 7.20. The van der Waals surface area contributed by atoms with Gasteiger partial charge in [0.05, 0.1) is 11.7 Å². The zero-order valence-corrected chi connectivity index (χ0v) is 12.7. The van der Waals surface area contributed by atoms with Crippen LogP contribution < -0.4 is 5.32 Å². The summed E-state index contributed by atoms with van der Waals surface area (Å²) < 4.78 is 0. The maximum Gasteiger partial charge on any atom is 0.0754 e. The molecule has 2 rings (SSSR count). The van der Waals surface area contributed by atoms with Crippen molar-refractivity contribution >= 4 is 0 Å². The van der Waals surface area contributed by atoms with Gasteiger partial charge < -0.3 is 5.32 Å². The van der Waals surface area contributed by atoms with Crippen LogP contribution >= 0.6 is 0 Å². The number of nitrogens with zero attached hydrogens (tertiary/aromatic N) is 1. The second-order valence-corrected chi connectivity index (χ2v) is 5.19. The molecule has 1 aromatic heterocycles. The summed E-state index contributed by atoms with van der Waals surface area (Å²) in [5.41, 5.74) is 5.07. The maximum atomic E-state index is 4.59. The topological polar surface area (TPSA) is 24.9 Å². The van der Waals surface area contributed by atoms with E-state index >= 15 is 0 Å². The highest BCUT2D eigenvalue weighted by atomic mass is 14.9. The summed E-state index contributed by atoms with van der Waals surface area (Å²) in [5, 5.41) is 3.56. The van der Waals surface area contributed by atoms with Crippen molar-refractivity contribution in [3.63, 3.8) is 0 Å². The fraction of sp³-hybridized carbons (Fsp3) is 0.389. The fourth-order valence-electron chi connectivity index (χ4n) is 2.59. The van der Waals surface area contributed by atoms with Gasteiger partial charge in [0.2, 0.25) is 0 Å². The first-order valence-electron chi connectivity index (χ1n) is 7.50. The Morgan fingerprint density at radius 2 is 2.00 bits per heavy atom. The van der Waals surface area contributed by atoms with Crippen LogP contribution in [0.4, 0.5) is 0 Å². The molecule has 0 radical (unpaired) electrons. The van der Waals surface area contributed by atoms with Gasteiger partial charge in [0, 0.05) is 6.20 Å². The molecule has 2 nitrogen and oxygen atoms in total. The highest BCUT2D eigenvalue weighted by Crippen LogP contribution is 2.24. The van der Waals surface area contributed by atoms with E-state index in [1.807, 2.05) is 12.3 Å². The third-order valence-electron chi connectivity index (χ3n) is 3.55. The monoisotopic (exact) mass is 268 g/mol. The SMILES string of the molecule is CCCc1cccc(C(NCC)c2ncccc2C)c1. The first kappa shape index (κ1) is 14.7. The number of benzene rings is 1. The average molecular weight is 268 g/mol. The van der Waals surface area contributed by atoms with E-state index in [9.17, 15) is 0 Å². The summed E-state index contributed by atoms with van der Waals surface area (Å²) in [6.45, 7) is 7.42. The number of aryl methyl sites for hydroxylation is 2. The van der Waals surface area contributed by atoms with Gasteiger partial charge in [-0.1, -0.05) is 50.6 Å². The molecule has 0 amide bonds. The van der Waals surface area contributed by atoms with Crippen molar-refractivity contribution < 1.29 is 0 Å². The first-order valence-corrected chi connectivity index (χ1v) is 7.50. The predicted octanol–water partition coefficient (Wildman–Crippen LogP) is 4.04. The molecule has 0 bridgehead atoms. The Morgan fingerprint density at radius 1 is 1.15 bits per heavy atom. The molecule has 1 atom stereocenters. The van der Waals surface area contributed by atoms with Crippen molar-refractivity contribution in [3.8, 4) is 0 Å². The third-order valence-corrected chi connectivity index (χ3v) is 3.55. The molecule has 2 heteroatoms. The quantitative estimate of drug-likeness (QED) is 0.855. The van der Waals surface area contributed by atoms with E-state index in [1.54, 1.807) is 0 Å². The number of pyridine rings is 1. The van der Waals surface area contributed by atoms with E-state index in [1.165, 1.54) is 23.1 Å². The van der Waals surface area contributed by atoms with E-state index < -0.39 is 0 Å². The minimum Gasteiger partial charge on any atom is -0.305 e. The minimum atomic E-state index is 0.179. The van der Waals surface area contributed by atoms with Crippen molar-refractivity contribution in [1.29, 1.82) is 0 Å². The van der Waals surface area contributed by atoms with Crippen LogP contribution in [-0.4, -0.2) is 11.5 Å². The molecular weight excluding hydrogens is 244 g/mol. The van der Waals surface area contributed by atoms with Gasteiger partial charge in [-0.2, -0.15) is 0 Å². The Labute approximate surface area is 122 Å². The van der Waals surface area contributed by atoms with Crippen LogP contribution in [0.15, 0.2) is 42.6 Å². The van der Waals surface area contributed by atoms with Crippen molar-refractivity contribution in [3.05, 3.63) is 65.0 Å². The summed E-state index contributed by atoms with van der Waals surface area (Å²) in [6, 6.07) is 13.2. The molecule has 0 aliphatic heterocycles. The molecule has 1 N–H and O–H groups in total. The normalized spacial score (nSPS) is 12.3. The number of aromatic nitrogens is 1. The van der Waals surface area contributed by atoms with Crippen molar-refractivity contribution in [2.45, 2.75) is 39.7 Å². The van der Waals surface area contributed by atoms with Crippen LogP contribution in [0, 0.1) is 6.92 Å². The Hall–Kier alpha value is -1.67. The number of hydrogen-bond acceptors (Lipinski definition) is 2. The second-order valence-electron chi connectivity index (χ2n) is 5.19. The molecule has 0 saturated heterocycles. The fourth-order valence-corrected chi connectivity index (χ4v) is 2.59. The largest absolute Gasteiger partial charge is 0.305 e. The van der Waals surface area contributed by atoms with E-state index in [0.717, 1.165) is 18.7 Å². The molecule has 0 aliphatic rings. The standard InChI is InChI=1S/C18H24N2/c1-4-8-15-10-6-11-16(13-15)18(19-5-2)17-14(3)9-7-12-20-17/h6-7,9-13,18-19H,4-5,8H2,1-3H3. The lowest BCUT2D eigenvalue weighted by Crippen LogP contribution is -2.23. The van der Waals surface area contributed by atoms with Gasteiger partial charge >= 0.3 is 0 Å². The van der Waals surface area contributed by atoms with Gasteiger partial charge in [0.25, 0.3) is 0 Å². The molecule has 1 unspecified atom stereocenters. The summed E-state index contributed by atoms with van der Waals surface area (Å²) in [5.74, 6) is 0. The Balaban J connectivity index is 2.38. The zero-order valence-electron chi connectivity index (χ0n) is 12.7. The van der Waals surface area contributed by atoms with Crippen LogP contribution in [0.3, 0.4) is 0 Å². The zero-order chi connectivity index (χ0) is 14.4. The van der Waals surface area contributed by atoms with E-state index in [-0.39, 0.29) is 6.04 Å². The predicted molar refractivity (Wildman–Crippen MR) is 84.9 cm³/mol. The van der Waals surface area contributed by atoms with Gasteiger partial charge in [-0.25, -0.2) is 0 Å². The molecule has 0 spiro atoms. The molecule has 0 fully saturated rings. The lowest BCUT2D eigenvalue weighted by molar-refractivity contribution is 0.611. The van der Waals surface area contributed by atoms with E-state index in [0.29, 0.717) is 0 Å². The van der Waals surface area contributed by atoms with Gasteiger partial charge in [-0.3, -0.25) is 4.98 Å². The van der Waals surface area contributed by atoms with Crippen molar-refractivity contribution in [2.75, 3.05) is 6.54 Å².